The average Bonchev–Trinajstić information content (AvgIpc) is 2.44. The zero-order valence-electron chi connectivity index (χ0n) is 13.2. The Morgan fingerprint density at radius 1 is 1.24 bits per heavy atom. The van der Waals surface area contributed by atoms with Crippen LogP contribution in [0.1, 0.15) is 52.4 Å². The number of rotatable bonds is 3. The molecule has 2 rings (SSSR count). The van der Waals surface area contributed by atoms with Crippen LogP contribution in [0.2, 0.25) is 0 Å². The number of nitrogens with two attached hydrogens (primary N) is 1. The van der Waals surface area contributed by atoms with Gasteiger partial charge in [0.1, 0.15) is 6.04 Å². The fraction of sp³-hybridized carbons (Fsp3) is 0.875. The molecule has 0 aromatic rings. The van der Waals surface area contributed by atoms with Gasteiger partial charge in [-0.2, -0.15) is 0 Å². The highest BCUT2D eigenvalue weighted by Gasteiger charge is 2.46. The van der Waals surface area contributed by atoms with Crippen LogP contribution < -0.4 is 5.73 Å². The summed E-state index contributed by atoms with van der Waals surface area (Å²) >= 11 is 0. The Morgan fingerprint density at radius 2 is 1.90 bits per heavy atom. The molecular formula is C16H28N2O3. The van der Waals surface area contributed by atoms with Gasteiger partial charge >= 0.3 is 5.97 Å². The van der Waals surface area contributed by atoms with Crippen molar-refractivity contribution in [1.82, 2.24) is 4.90 Å². The molecule has 0 aromatic heterocycles. The Morgan fingerprint density at radius 3 is 2.52 bits per heavy atom. The average molecular weight is 296 g/mol. The molecule has 21 heavy (non-hydrogen) atoms. The second kappa shape index (κ2) is 6.34. The van der Waals surface area contributed by atoms with Gasteiger partial charge in [-0.3, -0.25) is 4.79 Å². The number of carbonyl (C=O) groups excluding carboxylic acids is 1. The topological polar surface area (TPSA) is 83.6 Å². The molecule has 1 heterocycles. The van der Waals surface area contributed by atoms with Gasteiger partial charge in [0.15, 0.2) is 0 Å². The first-order valence-corrected chi connectivity index (χ1v) is 8.12. The smallest absolute Gasteiger partial charge is 0.326 e. The van der Waals surface area contributed by atoms with Gasteiger partial charge < -0.3 is 15.7 Å². The van der Waals surface area contributed by atoms with Crippen molar-refractivity contribution < 1.29 is 14.7 Å². The van der Waals surface area contributed by atoms with Crippen molar-refractivity contribution in [2.24, 2.45) is 23.0 Å². The van der Waals surface area contributed by atoms with Gasteiger partial charge in [-0.15, -0.1) is 0 Å². The first-order chi connectivity index (χ1) is 9.88. The van der Waals surface area contributed by atoms with E-state index in [4.69, 9.17) is 5.73 Å². The summed E-state index contributed by atoms with van der Waals surface area (Å²) in [5.41, 5.74) is 5.45. The minimum absolute atomic E-state index is 0.0188. The van der Waals surface area contributed by atoms with E-state index in [-0.39, 0.29) is 23.2 Å². The molecular weight excluding hydrogens is 268 g/mol. The highest BCUT2D eigenvalue weighted by atomic mass is 16.4. The van der Waals surface area contributed by atoms with Gasteiger partial charge in [-0.1, -0.05) is 26.7 Å². The number of carboxylic acids is 1. The number of carbonyl (C=O) groups is 2. The Labute approximate surface area is 126 Å². The molecule has 1 aliphatic heterocycles. The minimum atomic E-state index is -0.881. The largest absolute Gasteiger partial charge is 0.480 e. The molecule has 0 aromatic carbocycles. The molecule has 1 saturated carbocycles. The van der Waals surface area contributed by atoms with Crippen LogP contribution in [0.5, 0.6) is 0 Å². The van der Waals surface area contributed by atoms with E-state index in [9.17, 15) is 14.7 Å². The minimum Gasteiger partial charge on any atom is -0.480 e. The lowest BCUT2D eigenvalue weighted by atomic mass is 9.74. The molecule has 1 aliphatic carbocycles. The summed E-state index contributed by atoms with van der Waals surface area (Å²) < 4.78 is 0. The molecule has 120 valence electrons. The number of aliphatic carboxylic acids is 1. The molecule has 3 atom stereocenters. The van der Waals surface area contributed by atoms with Crippen molar-refractivity contribution in [2.75, 3.05) is 13.1 Å². The van der Waals surface area contributed by atoms with Crippen LogP contribution in [0.4, 0.5) is 0 Å². The highest BCUT2D eigenvalue weighted by Crippen LogP contribution is 2.38. The summed E-state index contributed by atoms with van der Waals surface area (Å²) in [6, 6.07) is -0.709. The zero-order chi connectivity index (χ0) is 15.6. The van der Waals surface area contributed by atoms with Crippen molar-refractivity contribution in [1.29, 1.82) is 0 Å². The second-order valence-corrected chi connectivity index (χ2v) is 7.25. The van der Waals surface area contributed by atoms with Gasteiger partial charge in [0.25, 0.3) is 0 Å². The zero-order valence-corrected chi connectivity index (χ0v) is 13.2. The van der Waals surface area contributed by atoms with E-state index in [2.05, 4.69) is 0 Å². The van der Waals surface area contributed by atoms with Gasteiger partial charge in [0, 0.05) is 12.5 Å². The molecule has 2 aliphatic rings. The summed E-state index contributed by atoms with van der Waals surface area (Å²) in [6.07, 6.45) is 5.73. The maximum Gasteiger partial charge on any atom is 0.326 e. The van der Waals surface area contributed by atoms with Crippen molar-refractivity contribution in [2.45, 2.75) is 58.4 Å². The molecule has 2 fully saturated rings. The Kier molecular flexibility index (Phi) is 4.91. The fourth-order valence-electron chi connectivity index (χ4n) is 4.13. The SMILES string of the molecule is CC1(C)CCCN(C(=O)C2CCCCC2CN)C1C(=O)O. The number of carboxylic acid groups (broad SMARTS) is 1. The summed E-state index contributed by atoms with van der Waals surface area (Å²) in [6.45, 7) is 4.98. The van der Waals surface area contributed by atoms with E-state index >= 15 is 0 Å². The Balaban J connectivity index is 2.21. The maximum absolute atomic E-state index is 12.9. The molecule has 0 spiro atoms. The summed E-state index contributed by atoms with van der Waals surface area (Å²) in [4.78, 5) is 26.3. The van der Waals surface area contributed by atoms with Crippen molar-refractivity contribution in [3.8, 4) is 0 Å². The number of hydrogen-bond donors (Lipinski definition) is 2. The van der Waals surface area contributed by atoms with Crippen molar-refractivity contribution in [3.05, 3.63) is 0 Å². The van der Waals surface area contributed by atoms with Crippen molar-refractivity contribution in [3.63, 3.8) is 0 Å². The van der Waals surface area contributed by atoms with Crippen LogP contribution in [0.3, 0.4) is 0 Å². The van der Waals surface area contributed by atoms with E-state index in [1.165, 1.54) is 0 Å². The summed E-state index contributed by atoms with van der Waals surface area (Å²) in [5.74, 6) is -0.733. The number of hydrogen-bond acceptors (Lipinski definition) is 3. The number of likely N-dealkylation sites (tertiary alicyclic amines) is 1. The lowest BCUT2D eigenvalue weighted by Gasteiger charge is -2.46. The van der Waals surface area contributed by atoms with Crippen LogP contribution in [-0.4, -0.2) is 41.0 Å². The highest BCUT2D eigenvalue weighted by molar-refractivity contribution is 5.86. The predicted octanol–water partition coefficient (Wildman–Crippen LogP) is 1.85. The lowest BCUT2D eigenvalue weighted by Crippen LogP contribution is -2.58. The maximum atomic E-state index is 12.9. The fourth-order valence-corrected chi connectivity index (χ4v) is 4.13. The van der Waals surface area contributed by atoms with Crippen LogP contribution in [-0.2, 0) is 9.59 Å². The van der Waals surface area contributed by atoms with Crippen LogP contribution in [0.25, 0.3) is 0 Å². The molecule has 3 N–H and O–H groups in total. The van der Waals surface area contributed by atoms with E-state index in [1.54, 1.807) is 4.90 Å². The number of nitrogens with zero attached hydrogens (tertiary/aromatic N) is 1. The standard InChI is InChI=1S/C16H28N2O3/c1-16(2)8-5-9-18(13(16)15(20)21)14(19)12-7-4-3-6-11(12)10-17/h11-13H,3-10,17H2,1-2H3,(H,20,21). The van der Waals surface area contributed by atoms with E-state index in [0.717, 1.165) is 38.5 Å². The van der Waals surface area contributed by atoms with E-state index in [0.29, 0.717) is 13.1 Å². The lowest BCUT2D eigenvalue weighted by molar-refractivity contribution is -0.162. The van der Waals surface area contributed by atoms with Gasteiger partial charge in [-0.05, 0) is 43.6 Å². The quantitative estimate of drug-likeness (QED) is 0.832. The Hall–Kier alpha value is -1.10. The third-order valence-corrected chi connectivity index (χ3v) is 5.32. The van der Waals surface area contributed by atoms with E-state index in [1.807, 2.05) is 13.8 Å². The normalized spacial score (nSPS) is 32.7. The second-order valence-electron chi connectivity index (χ2n) is 7.25. The van der Waals surface area contributed by atoms with Crippen LogP contribution in [0.15, 0.2) is 0 Å². The first kappa shape index (κ1) is 16.3. The molecule has 0 bridgehead atoms. The first-order valence-electron chi connectivity index (χ1n) is 8.12. The van der Waals surface area contributed by atoms with E-state index < -0.39 is 12.0 Å². The predicted molar refractivity (Wildman–Crippen MR) is 80.7 cm³/mol. The number of amides is 1. The number of piperidine rings is 1. The van der Waals surface area contributed by atoms with Gasteiger partial charge in [-0.25, -0.2) is 4.79 Å². The van der Waals surface area contributed by atoms with Crippen LogP contribution >= 0.6 is 0 Å². The molecule has 0 radical (unpaired) electrons. The van der Waals surface area contributed by atoms with Gasteiger partial charge in [0.05, 0.1) is 0 Å². The van der Waals surface area contributed by atoms with Crippen LogP contribution in [0, 0.1) is 17.3 Å². The third-order valence-electron chi connectivity index (χ3n) is 5.32. The summed E-state index contributed by atoms with van der Waals surface area (Å²) in [5, 5.41) is 9.60. The molecule has 5 heteroatoms. The van der Waals surface area contributed by atoms with Crippen molar-refractivity contribution >= 4 is 11.9 Å². The summed E-state index contributed by atoms with van der Waals surface area (Å²) in [7, 11) is 0. The van der Waals surface area contributed by atoms with Gasteiger partial charge in [0.2, 0.25) is 5.91 Å². The Bertz CT molecular complexity index is 408. The molecule has 3 unspecified atom stereocenters. The third kappa shape index (κ3) is 3.23. The monoisotopic (exact) mass is 296 g/mol. The molecule has 5 nitrogen and oxygen atoms in total. The molecule has 1 amide bonds. The molecule has 1 saturated heterocycles.